The SMILES string of the molecule is C1=CC(=CCc2ccsc2)C=C1. The van der Waals surface area contributed by atoms with E-state index in [0.29, 0.717) is 0 Å². The van der Waals surface area contributed by atoms with Crippen LogP contribution in [0.1, 0.15) is 5.56 Å². The summed E-state index contributed by atoms with van der Waals surface area (Å²) >= 11 is 1.76. The Balaban J connectivity index is 2.02. The van der Waals surface area contributed by atoms with Gasteiger partial charge in [0.05, 0.1) is 0 Å². The van der Waals surface area contributed by atoms with Crippen LogP contribution in [0, 0.1) is 0 Å². The first-order valence-electron chi connectivity index (χ1n) is 4.01. The van der Waals surface area contributed by atoms with E-state index in [1.807, 2.05) is 0 Å². The fourth-order valence-corrected chi connectivity index (χ4v) is 1.85. The molecule has 1 aliphatic rings. The van der Waals surface area contributed by atoms with Crippen LogP contribution in [0.25, 0.3) is 0 Å². The van der Waals surface area contributed by atoms with Gasteiger partial charge in [-0.15, -0.1) is 0 Å². The highest BCUT2D eigenvalue weighted by Crippen LogP contribution is 2.11. The second-order valence-corrected chi connectivity index (χ2v) is 3.54. The molecule has 1 aromatic rings. The van der Waals surface area contributed by atoms with Gasteiger partial charge in [-0.2, -0.15) is 11.3 Å². The predicted molar refractivity (Wildman–Crippen MR) is 54.4 cm³/mol. The molecule has 0 saturated carbocycles. The van der Waals surface area contributed by atoms with Crippen molar-refractivity contribution >= 4 is 11.3 Å². The van der Waals surface area contributed by atoms with Gasteiger partial charge in [0.25, 0.3) is 0 Å². The minimum Gasteiger partial charge on any atom is -0.152 e. The maximum atomic E-state index is 2.25. The molecule has 60 valence electrons. The van der Waals surface area contributed by atoms with Gasteiger partial charge in [-0.3, -0.25) is 0 Å². The van der Waals surface area contributed by atoms with Gasteiger partial charge in [0, 0.05) is 0 Å². The Labute approximate surface area is 76.6 Å². The normalized spacial score (nSPS) is 14.2. The monoisotopic (exact) mass is 174 g/mol. The molecule has 1 heteroatoms. The number of allylic oxidation sites excluding steroid dienone is 6. The summed E-state index contributed by atoms with van der Waals surface area (Å²) in [6, 6.07) is 2.17. The van der Waals surface area contributed by atoms with Crippen LogP contribution >= 0.6 is 11.3 Å². The van der Waals surface area contributed by atoms with E-state index in [2.05, 4.69) is 47.2 Å². The zero-order valence-corrected chi connectivity index (χ0v) is 7.55. The third-order valence-electron chi connectivity index (χ3n) is 1.84. The van der Waals surface area contributed by atoms with Crippen molar-refractivity contribution in [1.82, 2.24) is 0 Å². The van der Waals surface area contributed by atoms with E-state index in [9.17, 15) is 0 Å². The van der Waals surface area contributed by atoms with Gasteiger partial charge in [0.2, 0.25) is 0 Å². The Morgan fingerprint density at radius 1 is 1.25 bits per heavy atom. The third-order valence-corrected chi connectivity index (χ3v) is 2.57. The molecule has 1 aromatic heterocycles. The average Bonchev–Trinajstić information content (AvgIpc) is 2.74. The summed E-state index contributed by atoms with van der Waals surface area (Å²) in [6.45, 7) is 0. The Hall–Kier alpha value is -1.08. The predicted octanol–water partition coefficient (Wildman–Crippen LogP) is 3.34. The number of rotatable bonds is 2. The van der Waals surface area contributed by atoms with E-state index in [4.69, 9.17) is 0 Å². The van der Waals surface area contributed by atoms with Crippen LogP contribution < -0.4 is 0 Å². The van der Waals surface area contributed by atoms with Crippen molar-refractivity contribution in [2.75, 3.05) is 0 Å². The molecule has 1 aliphatic carbocycles. The summed E-state index contributed by atoms with van der Waals surface area (Å²) in [4.78, 5) is 0. The van der Waals surface area contributed by atoms with E-state index >= 15 is 0 Å². The second kappa shape index (κ2) is 3.55. The molecule has 1 heterocycles. The molecule has 0 N–H and O–H groups in total. The molecule has 0 radical (unpaired) electrons. The Morgan fingerprint density at radius 3 is 2.75 bits per heavy atom. The molecule has 0 amide bonds. The molecule has 12 heavy (non-hydrogen) atoms. The highest BCUT2D eigenvalue weighted by atomic mass is 32.1. The van der Waals surface area contributed by atoms with Crippen molar-refractivity contribution in [3.8, 4) is 0 Å². The lowest BCUT2D eigenvalue weighted by Gasteiger charge is -1.90. The van der Waals surface area contributed by atoms with Crippen molar-refractivity contribution in [2.45, 2.75) is 6.42 Å². The molecule has 0 aromatic carbocycles. The fourth-order valence-electron chi connectivity index (χ4n) is 1.17. The van der Waals surface area contributed by atoms with Crippen LogP contribution in [0.5, 0.6) is 0 Å². The van der Waals surface area contributed by atoms with Crippen LogP contribution in [-0.2, 0) is 6.42 Å². The van der Waals surface area contributed by atoms with Crippen LogP contribution in [0.2, 0.25) is 0 Å². The first kappa shape index (κ1) is 7.56. The van der Waals surface area contributed by atoms with E-state index < -0.39 is 0 Å². The molecule has 0 unspecified atom stereocenters. The zero-order valence-electron chi connectivity index (χ0n) is 6.73. The van der Waals surface area contributed by atoms with E-state index in [1.165, 1.54) is 11.1 Å². The van der Waals surface area contributed by atoms with Gasteiger partial charge in [-0.1, -0.05) is 30.4 Å². The molecule has 0 fully saturated rings. The fraction of sp³-hybridized carbons (Fsp3) is 0.0909. The molecule has 0 aliphatic heterocycles. The maximum absolute atomic E-state index is 2.25. The molecule has 2 rings (SSSR count). The van der Waals surface area contributed by atoms with Gasteiger partial charge in [0.15, 0.2) is 0 Å². The molecular formula is C11H10S. The highest BCUT2D eigenvalue weighted by molar-refractivity contribution is 7.07. The zero-order chi connectivity index (χ0) is 8.23. The largest absolute Gasteiger partial charge is 0.152 e. The summed E-state index contributed by atoms with van der Waals surface area (Å²) in [5, 5.41) is 4.31. The van der Waals surface area contributed by atoms with Gasteiger partial charge < -0.3 is 0 Å². The molecule has 0 atom stereocenters. The first-order chi connectivity index (χ1) is 5.95. The van der Waals surface area contributed by atoms with Crippen molar-refractivity contribution < 1.29 is 0 Å². The van der Waals surface area contributed by atoms with Crippen LogP contribution in [0.15, 0.2) is 52.8 Å². The van der Waals surface area contributed by atoms with Gasteiger partial charge in [-0.25, -0.2) is 0 Å². The quantitative estimate of drug-likeness (QED) is 0.645. The summed E-state index contributed by atoms with van der Waals surface area (Å²) < 4.78 is 0. The topological polar surface area (TPSA) is 0 Å². The molecular weight excluding hydrogens is 164 g/mol. The minimum atomic E-state index is 1.05. The van der Waals surface area contributed by atoms with Crippen molar-refractivity contribution in [3.05, 3.63) is 58.3 Å². The average molecular weight is 174 g/mol. The van der Waals surface area contributed by atoms with Gasteiger partial charge >= 0.3 is 0 Å². The first-order valence-corrected chi connectivity index (χ1v) is 4.95. The maximum Gasteiger partial charge on any atom is -0.00581 e. The number of thiophene rings is 1. The van der Waals surface area contributed by atoms with Crippen molar-refractivity contribution in [2.24, 2.45) is 0 Å². The Bertz CT molecular complexity index is 312. The van der Waals surface area contributed by atoms with Crippen LogP contribution in [-0.4, -0.2) is 0 Å². The molecule has 0 spiro atoms. The lowest BCUT2D eigenvalue weighted by molar-refractivity contribution is 1.28. The number of hydrogen-bond acceptors (Lipinski definition) is 1. The Kier molecular flexibility index (Phi) is 2.23. The summed E-state index contributed by atoms with van der Waals surface area (Å²) in [5.74, 6) is 0. The standard InChI is InChI=1S/C11H10S/c1-2-4-10(3-1)5-6-11-7-8-12-9-11/h1-5,7-9H,6H2. The molecule has 0 saturated heterocycles. The van der Waals surface area contributed by atoms with Gasteiger partial charge in [0.1, 0.15) is 0 Å². The summed E-state index contributed by atoms with van der Waals surface area (Å²) in [7, 11) is 0. The van der Waals surface area contributed by atoms with Crippen LogP contribution in [0.4, 0.5) is 0 Å². The lowest BCUT2D eigenvalue weighted by Crippen LogP contribution is -1.76. The van der Waals surface area contributed by atoms with E-state index in [-0.39, 0.29) is 0 Å². The third kappa shape index (κ3) is 1.74. The van der Waals surface area contributed by atoms with E-state index in [1.54, 1.807) is 11.3 Å². The summed E-state index contributed by atoms with van der Waals surface area (Å²) in [6.07, 6.45) is 11.7. The number of hydrogen-bond donors (Lipinski definition) is 0. The highest BCUT2D eigenvalue weighted by Gasteiger charge is 1.92. The van der Waals surface area contributed by atoms with Gasteiger partial charge in [-0.05, 0) is 34.4 Å². The van der Waals surface area contributed by atoms with Crippen molar-refractivity contribution in [1.29, 1.82) is 0 Å². The second-order valence-electron chi connectivity index (χ2n) is 2.76. The van der Waals surface area contributed by atoms with Crippen LogP contribution in [0.3, 0.4) is 0 Å². The van der Waals surface area contributed by atoms with E-state index in [0.717, 1.165) is 6.42 Å². The lowest BCUT2D eigenvalue weighted by atomic mass is 10.2. The Morgan fingerprint density at radius 2 is 2.08 bits per heavy atom. The molecule has 0 bridgehead atoms. The minimum absolute atomic E-state index is 1.05. The van der Waals surface area contributed by atoms with Crippen molar-refractivity contribution in [3.63, 3.8) is 0 Å². The smallest absolute Gasteiger partial charge is 0.00581 e. The molecule has 0 nitrogen and oxygen atoms in total. The summed E-state index contributed by atoms with van der Waals surface area (Å²) in [5.41, 5.74) is 2.72.